The number of carboxylic acids is 1. The first-order valence-electron chi connectivity index (χ1n) is 7.31. The van der Waals surface area contributed by atoms with Crippen LogP contribution in [0.1, 0.15) is 33.5 Å². The lowest BCUT2D eigenvalue weighted by Crippen LogP contribution is -2.29. The highest BCUT2D eigenvalue weighted by Crippen LogP contribution is 2.28. The average Bonchev–Trinajstić information content (AvgIpc) is 2.49. The Morgan fingerprint density at radius 3 is 2.86 bits per heavy atom. The quantitative estimate of drug-likeness (QED) is 0.933. The minimum Gasteiger partial charge on any atom is -0.478 e. The Balaban J connectivity index is 1.93. The molecule has 0 aromatic heterocycles. The molecule has 108 valence electrons. The van der Waals surface area contributed by atoms with Gasteiger partial charge >= 0.3 is 5.97 Å². The Hall–Kier alpha value is -2.29. The number of anilines is 1. The third-order valence-electron chi connectivity index (χ3n) is 4.06. The minimum absolute atomic E-state index is 0.415. The van der Waals surface area contributed by atoms with Crippen molar-refractivity contribution in [2.45, 2.75) is 26.3 Å². The number of aromatic carboxylic acids is 1. The van der Waals surface area contributed by atoms with Crippen molar-refractivity contribution in [1.29, 1.82) is 0 Å². The van der Waals surface area contributed by atoms with Crippen LogP contribution in [-0.4, -0.2) is 17.6 Å². The van der Waals surface area contributed by atoms with Crippen LogP contribution in [0.15, 0.2) is 42.5 Å². The van der Waals surface area contributed by atoms with Crippen molar-refractivity contribution in [2.24, 2.45) is 0 Å². The van der Waals surface area contributed by atoms with Crippen molar-refractivity contribution in [3.8, 4) is 0 Å². The van der Waals surface area contributed by atoms with Gasteiger partial charge in [0.2, 0.25) is 0 Å². The van der Waals surface area contributed by atoms with E-state index in [1.54, 1.807) is 6.07 Å². The van der Waals surface area contributed by atoms with Crippen LogP contribution >= 0.6 is 0 Å². The number of carboxylic acid groups (broad SMARTS) is 1. The molecule has 3 heteroatoms. The number of fused-ring (bicyclic) bond motifs is 1. The number of nitrogens with zero attached hydrogens (tertiary/aromatic N) is 1. The number of aryl methyl sites for hydroxylation is 2. The Morgan fingerprint density at radius 1 is 1.24 bits per heavy atom. The number of benzene rings is 2. The van der Waals surface area contributed by atoms with Crippen molar-refractivity contribution in [2.75, 3.05) is 11.4 Å². The fraction of sp³-hybridized carbons (Fsp3) is 0.278. The van der Waals surface area contributed by atoms with Crippen molar-refractivity contribution in [3.63, 3.8) is 0 Å². The first-order chi connectivity index (χ1) is 10.1. The zero-order chi connectivity index (χ0) is 14.8. The van der Waals surface area contributed by atoms with Crippen LogP contribution < -0.4 is 4.90 Å². The summed E-state index contributed by atoms with van der Waals surface area (Å²) >= 11 is 0. The number of hydrogen-bond acceptors (Lipinski definition) is 2. The maximum absolute atomic E-state index is 11.4. The monoisotopic (exact) mass is 281 g/mol. The van der Waals surface area contributed by atoms with Gasteiger partial charge < -0.3 is 10.0 Å². The van der Waals surface area contributed by atoms with E-state index in [0.717, 1.165) is 30.5 Å². The van der Waals surface area contributed by atoms with E-state index in [1.165, 1.54) is 11.3 Å². The summed E-state index contributed by atoms with van der Waals surface area (Å²) in [5.41, 5.74) is 4.87. The Morgan fingerprint density at radius 2 is 2.05 bits per heavy atom. The SMILES string of the molecule is Cc1ccc(CN2CCCc3ccccc32)c(C(=O)O)c1. The summed E-state index contributed by atoms with van der Waals surface area (Å²) in [5.74, 6) is -0.848. The molecule has 0 saturated carbocycles. The molecule has 1 aliphatic heterocycles. The lowest BCUT2D eigenvalue weighted by Gasteiger charge is -2.31. The molecule has 1 aliphatic rings. The van der Waals surface area contributed by atoms with Gasteiger partial charge in [0.15, 0.2) is 0 Å². The normalized spacial score (nSPS) is 13.9. The van der Waals surface area contributed by atoms with E-state index in [9.17, 15) is 9.90 Å². The van der Waals surface area contributed by atoms with E-state index in [0.29, 0.717) is 12.1 Å². The van der Waals surface area contributed by atoms with Gasteiger partial charge in [-0.15, -0.1) is 0 Å². The molecule has 0 bridgehead atoms. The van der Waals surface area contributed by atoms with Crippen molar-refractivity contribution in [3.05, 3.63) is 64.7 Å². The summed E-state index contributed by atoms with van der Waals surface area (Å²) in [6.07, 6.45) is 2.22. The molecule has 3 nitrogen and oxygen atoms in total. The second kappa shape index (κ2) is 5.60. The predicted molar refractivity (Wildman–Crippen MR) is 84.0 cm³/mol. The van der Waals surface area contributed by atoms with Gasteiger partial charge in [0.1, 0.15) is 0 Å². The summed E-state index contributed by atoms with van der Waals surface area (Å²) in [6.45, 7) is 3.55. The third-order valence-corrected chi connectivity index (χ3v) is 4.06. The van der Waals surface area contributed by atoms with E-state index < -0.39 is 5.97 Å². The van der Waals surface area contributed by atoms with Gasteiger partial charge in [0, 0.05) is 18.8 Å². The van der Waals surface area contributed by atoms with Gasteiger partial charge in [-0.1, -0.05) is 35.9 Å². The number of hydrogen-bond donors (Lipinski definition) is 1. The van der Waals surface area contributed by atoms with Crippen molar-refractivity contribution >= 4 is 11.7 Å². The maximum atomic E-state index is 11.4. The van der Waals surface area contributed by atoms with Crippen LogP contribution in [0.5, 0.6) is 0 Å². The fourth-order valence-electron chi connectivity index (χ4n) is 3.01. The Kier molecular flexibility index (Phi) is 3.65. The summed E-state index contributed by atoms with van der Waals surface area (Å²) in [6, 6.07) is 14.1. The molecule has 0 fully saturated rings. The predicted octanol–water partition coefficient (Wildman–Crippen LogP) is 3.65. The molecule has 1 N–H and O–H groups in total. The molecule has 0 radical (unpaired) electrons. The van der Waals surface area contributed by atoms with Gasteiger partial charge in [0.05, 0.1) is 5.56 Å². The molecular weight excluding hydrogens is 262 g/mol. The molecule has 2 aromatic carbocycles. The van der Waals surface area contributed by atoms with Crippen molar-refractivity contribution in [1.82, 2.24) is 0 Å². The summed E-state index contributed by atoms with van der Waals surface area (Å²) < 4.78 is 0. The van der Waals surface area contributed by atoms with Crippen LogP contribution in [-0.2, 0) is 13.0 Å². The molecule has 3 rings (SSSR count). The summed E-state index contributed by atoms with van der Waals surface area (Å²) in [5, 5.41) is 9.40. The van der Waals surface area contributed by atoms with E-state index in [-0.39, 0.29) is 0 Å². The Bertz CT molecular complexity index is 679. The Labute approximate surface area is 124 Å². The highest BCUT2D eigenvalue weighted by molar-refractivity contribution is 5.89. The first kappa shape index (κ1) is 13.7. The molecule has 0 unspecified atom stereocenters. The number of carbonyl (C=O) groups is 1. The minimum atomic E-state index is -0.848. The summed E-state index contributed by atoms with van der Waals surface area (Å²) in [7, 11) is 0. The fourth-order valence-corrected chi connectivity index (χ4v) is 3.01. The molecular formula is C18H19NO2. The summed E-state index contributed by atoms with van der Waals surface area (Å²) in [4.78, 5) is 13.7. The van der Waals surface area contributed by atoms with Gasteiger partial charge in [-0.3, -0.25) is 0 Å². The molecule has 2 aromatic rings. The van der Waals surface area contributed by atoms with Crippen LogP contribution in [0.25, 0.3) is 0 Å². The highest BCUT2D eigenvalue weighted by Gasteiger charge is 2.19. The third kappa shape index (κ3) is 2.77. The second-order valence-corrected chi connectivity index (χ2v) is 5.62. The lowest BCUT2D eigenvalue weighted by molar-refractivity contribution is 0.0695. The maximum Gasteiger partial charge on any atom is 0.336 e. The van der Waals surface area contributed by atoms with Gasteiger partial charge in [0.25, 0.3) is 0 Å². The standard InChI is InChI=1S/C18H19NO2/c1-13-8-9-15(16(11-13)18(20)21)12-19-10-4-6-14-5-2-3-7-17(14)19/h2-3,5,7-9,11H,4,6,10,12H2,1H3,(H,20,21). The molecule has 0 aliphatic carbocycles. The number of rotatable bonds is 3. The van der Waals surface area contributed by atoms with E-state index in [4.69, 9.17) is 0 Å². The molecule has 0 amide bonds. The molecule has 21 heavy (non-hydrogen) atoms. The molecule has 0 atom stereocenters. The van der Waals surface area contributed by atoms with Crippen LogP contribution in [0.3, 0.4) is 0 Å². The molecule has 0 saturated heterocycles. The van der Waals surface area contributed by atoms with Crippen molar-refractivity contribution < 1.29 is 9.90 Å². The zero-order valence-corrected chi connectivity index (χ0v) is 12.2. The van der Waals surface area contributed by atoms with Crippen LogP contribution in [0.4, 0.5) is 5.69 Å². The zero-order valence-electron chi connectivity index (χ0n) is 12.2. The topological polar surface area (TPSA) is 40.5 Å². The first-order valence-corrected chi connectivity index (χ1v) is 7.31. The van der Waals surface area contributed by atoms with Gasteiger partial charge in [-0.2, -0.15) is 0 Å². The highest BCUT2D eigenvalue weighted by atomic mass is 16.4. The largest absolute Gasteiger partial charge is 0.478 e. The van der Waals surface area contributed by atoms with E-state index in [2.05, 4.69) is 23.1 Å². The van der Waals surface area contributed by atoms with Gasteiger partial charge in [-0.05, 0) is 43.0 Å². The van der Waals surface area contributed by atoms with E-state index in [1.807, 2.05) is 25.1 Å². The van der Waals surface area contributed by atoms with Gasteiger partial charge in [-0.25, -0.2) is 4.79 Å². The lowest BCUT2D eigenvalue weighted by atomic mass is 9.99. The molecule has 0 spiro atoms. The second-order valence-electron chi connectivity index (χ2n) is 5.62. The van der Waals surface area contributed by atoms with Crippen LogP contribution in [0, 0.1) is 6.92 Å². The number of para-hydroxylation sites is 1. The smallest absolute Gasteiger partial charge is 0.336 e. The average molecular weight is 281 g/mol. The molecule has 1 heterocycles. The van der Waals surface area contributed by atoms with Crippen LogP contribution in [0.2, 0.25) is 0 Å². The van der Waals surface area contributed by atoms with E-state index >= 15 is 0 Å².